The zero-order chi connectivity index (χ0) is 31.3. The number of carbonyl (C=O) groups is 2. The van der Waals surface area contributed by atoms with Crippen molar-refractivity contribution in [1.29, 1.82) is 0 Å². The molecule has 0 saturated heterocycles. The standard InChI is InChI=1S/C21H20F4O14S2/c22-17(4-6-38-19(29)12-7-10(40(31,32)33)1-2-14(12)26)39-15-9-11(41(34,35)36)8-13(18(15)28)20(30)37-5-3-16(27)21(23,24)25/h1-2,7-9,16-17,26-28H,3-6H2,(H,31,32,33)(H,34,35,36). The molecule has 2 atom stereocenters. The van der Waals surface area contributed by atoms with E-state index in [0.717, 1.165) is 12.1 Å². The summed E-state index contributed by atoms with van der Waals surface area (Å²) in [6.45, 7) is -1.88. The van der Waals surface area contributed by atoms with Gasteiger partial charge in [-0.25, -0.2) is 14.0 Å². The molecular weight excluding hydrogens is 616 g/mol. The second kappa shape index (κ2) is 12.9. The van der Waals surface area contributed by atoms with Crippen LogP contribution in [0.1, 0.15) is 33.6 Å². The maximum absolute atomic E-state index is 14.4. The topological polar surface area (TPSA) is 231 Å². The molecule has 20 heteroatoms. The lowest BCUT2D eigenvalue weighted by Crippen LogP contribution is -2.30. The highest BCUT2D eigenvalue weighted by Gasteiger charge is 2.38. The average molecular weight is 637 g/mol. The highest BCUT2D eigenvalue weighted by Crippen LogP contribution is 2.35. The van der Waals surface area contributed by atoms with Gasteiger partial charge in [0.25, 0.3) is 20.2 Å². The van der Waals surface area contributed by atoms with Crippen LogP contribution in [0.5, 0.6) is 17.2 Å². The molecule has 228 valence electrons. The van der Waals surface area contributed by atoms with Gasteiger partial charge in [0, 0.05) is 18.9 Å². The fourth-order valence-electron chi connectivity index (χ4n) is 2.84. The summed E-state index contributed by atoms with van der Waals surface area (Å²) in [4.78, 5) is 22.4. The molecule has 0 aliphatic heterocycles. The lowest BCUT2D eigenvalue weighted by molar-refractivity contribution is -0.207. The molecule has 0 saturated carbocycles. The van der Waals surface area contributed by atoms with Gasteiger partial charge in [0.15, 0.2) is 17.6 Å². The Morgan fingerprint density at radius 3 is 1.88 bits per heavy atom. The number of alkyl halides is 4. The van der Waals surface area contributed by atoms with E-state index in [4.69, 9.17) is 14.4 Å². The Morgan fingerprint density at radius 1 is 0.829 bits per heavy atom. The van der Waals surface area contributed by atoms with Crippen LogP contribution in [-0.4, -0.2) is 85.1 Å². The van der Waals surface area contributed by atoms with Gasteiger partial charge in [0.1, 0.15) is 16.9 Å². The maximum atomic E-state index is 14.4. The highest BCUT2D eigenvalue weighted by molar-refractivity contribution is 7.86. The van der Waals surface area contributed by atoms with Crippen LogP contribution in [0.3, 0.4) is 0 Å². The predicted octanol–water partition coefficient (Wildman–Crippen LogP) is 1.98. The first-order chi connectivity index (χ1) is 18.7. The molecule has 0 amide bonds. The number of aromatic hydroxyl groups is 2. The minimum Gasteiger partial charge on any atom is -0.507 e. The van der Waals surface area contributed by atoms with E-state index in [9.17, 15) is 58.8 Å². The van der Waals surface area contributed by atoms with E-state index in [1.165, 1.54) is 0 Å². The Labute approximate surface area is 228 Å². The zero-order valence-electron chi connectivity index (χ0n) is 20.1. The van der Waals surface area contributed by atoms with Gasteiger partial charge in [0.2, 0.25) is 6.36 Å². The summed E-state index contributed by atoms with van der Waals surface area (Å²) in [6.07, 6.45) is -12.4. The SMILES string of the molecule is O=C(OCCC(F)Oc1cc(S(=O)(=O)O)cc(C(=O)OCCC(O)C(F)(F)F)c1O)c1cc(S(=O)(=O)O)ccc1O. The second-order valence-corrected chi connectivity index (χ2v) is 10.7. The summed E-state index contributed by atoms with van der Waals surface area (Å²) < 4.78 is 129. The van der Waals surface area contributed by atoms with Crippen LogP contribution >= 0.6 is 0 Å². The number of halogens is 4. The van der Waals surface area contributed by atoms with Gasteiger partial charge in [-0.05, 0) is 24.3 Å². The number of aliphatic hydroxyl groups is 1. The van der Waals surface area contributed by atoms with Gasteiger partial charge >= 0.3 is 18.1 Å². The number of phenolic OH excluding ortho intramolecular Hbond substituents is 2. The molecule has 0 aromatic heterocycles. The normalized spacial score (nSPS) is 13.7. The first-order valence-corrected chi connectivity index (χ1v) is 13.6. The number of rotatable bonds is 12. The van der Waals surface area contributed by atoms with Crippen LogP contribution < -0.4 is 4.74 Å². The highest BCUT2D eigenvalue weighted by atomic mass is 32.2. The third-order valence-electron chi connectivity index (χ3n) is 4.89. The molecule has 14 nitrogen and oxygen atoms in total. The first kappa shape index (κ1) is 33.5. The summed E-state index contributed by atoms with van der Waals surface area (Å²) in [5, 5.41) is 28.9. The lowest BCUT2D eigenvalue weighted by atomic mass is 10.2. The average Bonchev–Trinajstić information content (AvgIpc) is 2.83. The van der Waals surface area contributed by atoms with Crippen molar-refractivity contribution in [3.8, 4) is 17.2 Å². The monoisotopic (exact) mass is 636 g/mol. The molecule has 2 unspecified atom stereocenters. The Kier molecular flexibility index (Phi) is 10.5. The third-order valence-corrected chi connectivity index (χ3v) is 6.57. The van der Waals surface area contributed by atoms with Crippen LogP contribution in [0.2, 0.25) is 0 Å². The summed E-state index contributed by atoms with van der Waals surface area (Å²) in [5.41, 5.74) is -1.80. The summed E-state index contributed by atoms with van der Waals surface area (Å²) in [7, 11) is -9.89. The van der Waals surface area contributed by atoms with Crippen molar-refractivity contribution in [3.05, 3.63) is 41.5 Å². The van der Waals surface area contributed by atoms with E-state index in [-0.39, 0.29) is 0 Å². The van der Waals surface area contributed by atoms with Gasteiger partial charge in [0.05, 0.1) is 23.0 Å². The lowest BCUT2D eigenvalue weighted by Gasteiger charge is -2.16. The number of hydrogen-bond donors (Lipinski definition) is 5. The Balaban J connectivity index is 2.14. The van der Waals surface area contributed by atoms with Crippen molar-refractivity contribution >= 4 is 32.2 Å². The van der Waals surface area contributed by atoms with Crippen molar-refractivity contribution in [3.63, 3.8) is 0 Å². The van der Waals surface area contributed by atoms with Gasteiger partial charge in [-0.15, -0.1) is 0 Å². The van der Waals surface area contributed by atoms with Gasteiger partial charge in [-0.3, -0.25) is 9.11 Å². The molecule has 0 heterocycles. The third kappa shape index (κ3) is 9.42. The van der Waals surface area contributed by atoms with Gasteiger partial charge in [-0.2, -0.15) is 30.0 Å². The van der Waals surface area contributed by atoms with Crippen molar-refractivity contribution in [2.24, 2.45) is 0 Å². The molecule has 2 aromatic carbocycles. The van der Waals surface area contributed by atoms with Crippen molar-refractivity contribution < 1.29 is 82.6 Å². The molecule has 0 radical (unpaired) electrons. The predicted molar refractivity (Wildman–Crippen MR) is 123 cm³/mol. The van der Waals surface area contributed by atoms with Crippen molar-refractivity contribution in [2.45, 2.75) is 41.3 Å². The molecule has 0 aliphatic carbocycles. The van der Waals surface area contributed by atoms with E-state index in [2.05, 4.69) is 9.47 Å². The molecule has 5 N–H and O–H groups in total. The first-order valence-electron chi connectivity index (χ1n) is 10.8. The zero-order valence-corrected chi connectivity index (χ0v) is 21.7. The maximum Gasteiger partial charge on any atom is 0.414 e. The van der Waals surface area contributed by atoms with E-state index in [1.54, 1.807) is 0 Å². The quantitative estimate of drug-likeness (QED) is 0.127. The molecule has 0 bridgehead atoms. The molecule has 0 aliphatic rings. The van der Waals surface area contributed by atoms with E-state index in [1.807, 2.05) is 0 Å². The Hall–Kier alpha value is -3.72. The molecule has 0 spiro atoms. The van der Waals surface area contributed by atoms with Crippen LogP contribution in [0.25, 0.3) is 0 Å². The number of esters is 2. The fourth-order valence-corrected chi connectivity index (χ4v) is 3.87. The number of benzene rings is 2. The number of phenols is 2. The molecule has 2 aromatic rings. The molecule has 0 fully saturated rings. The second-order valence-electron chi connectivity index (χ2n) is 7.88. The van der Waals surface area contributed by atoms with E-state index in [0.29, 0.717) is 18.2 Å². The summed E-state index contributed by atoms with van der Waals surface area (Å²) in [5.74, 6) is -6.08. The van der Waals surface area contributed by atoms with E-state index < -0.39 is 115 Å². The van der Waals surface area contributed by atoms with Crippen LogP contribution in [-0.2, 0) is 29.7 Å². The summed E-state index contributed by atoms with van der Waals surface area (Å²) in [6, 6.07) is 2.83. The molecule has 2 rings (SSSR count). The Bertz CT molecular complexity index is 1510. The minimum absolute atomic E-state index is 0.349. The summed E-state index contributed by atoms with van der Waals surface area (Å²) >= 11 is 0. The van der Waals surface area contributed by atoms with Crippen LogP contribution in [0, 0.1) is 0 Å². The number of aliphatic hydroxyl groups excluding tert-OH is 1. The molecular formula is C21H20F4O14S2. The smallest absolute Gasteiger partial charge is 0.414 e. The number of carbonyl (C=O) groups excluding carboxylic acids is 2. The number of ether oxygens (including phenoxy) is 3. The largest absolute Gasteiger partial charge is 0.507 e. The fraction of sp³-hybridized carbons (Fsp3) is 0.333. The van der Waals surface area contributed by atoms with Crippen LogP contribution in [0.15, 0.2) is 40.1 Å². The van der Waals surface area contributed by atoms with Crippen molar-refractivity contribution in [1.82, 2.24) is 0 Å². The number of hydrogen-bond acceptors (Lipinski definition) is 12. The van der Waals surface area contributed by atoms with Crippen molar-refractivity contribution in [2.75, 3.05) is 13.2 Å². The van der Waals surface area contributed by atoms with E-state index >= 15 is 0 Å². The van der Waals surface area contributed by atoms with Gasteiger partial charge < -0.3 is 29.5 Å². The Morgan fingerprint density at radius 2 is 1.34 bits per heavy atom. The van der Waals surface area contributed by atoms with Crippen LogP contribution in [0.4, 0.5) is 17.6 Å². The van der Waals surface area contributed by atoms with Gasteiger partial charge in [-0.1, -0.05) is 0 Å². The molecule has 41 heavy (non-hydrogen) atoms. The minimum atomic E-state index is -5.13.